The topological polar surface area (TPSA) is 55.5 Å². The Bertz CT molecular complexity index is 428. The van der Waals surface area contributed by atoms with Gasteiger partial charge in [-0.1, -0.05) is 11.6 Å². The summed E-state index contributed by atoms with van der Waals surface area (Å²) in [6, 6.07) is 4.92. The zero-order chi connectivity index (χ0) is 10.1. The van der Waals surface area contributed by atoms with Crippen molar-refractivity contribution in [2.24, 2.45) is 4.36 Å². The molecule has 0 unspecified atom stereocenters. The van der Waals surface area contributed by atoms with Gasteiger partial charge in [-0.25, -0.2) is 4.21 Å². The number of rotatable bonds is 1. The van der Waals surface area contributed by atoms with Gasteiger partial charge in [0.1, 0.15) is 0 Å². The molecule has 3 nitrogen and oxygen atoms in total. The van der Waals surface area contributed by atoms with E-state index in [0.717, 1.165) is 0 Å². The lowest BCUT2D eigenvalue weighted by molar-refractivity contribution is 0.684. The Labute approximate surface area is 83.1 Å². The Kier molecular flexibility index (Phi) is 2.83. The van der Waals surface area contributed by atoms with Gasteiger partial charge in [0.25, 0.3) is 0 Å². The van der Waals surface area contributed by atoms with E-state index in [9.17, 15) is 4.21 Å². The summed E-state index contributed by atoms with van der Waals surface area (Å²) >= 11 is 5.83. The molecule has 0 aliphatic rings. The van der Waals surface area contributed by atoms with Gasteiger partial charge in [-0.2, -0.15) is 4.36 Å². The van der Waals surface area contributed by atoms with Gasteiger partial charge in [0.05, 0.1) is 10.7 Å². The Morgan fingerprint density at radius 2 is 2.08 bits per heavy atom. The molecule has 13 heavy (non-hydrogen) atoms. The van der Waals surface area contributed by atoms with Crippen LogP contribution in [0.15, 0.2) is 22.6 Å². The molecule has 0 saturated carbocycles. The molecule has 0 radical (unpaired) electrons. The maximum Gasteiger partial charge on any atom is 0.0936 e. The lowest BCUT2D eigenvalue weighted by Gasteiger charge is -2.00. The second-order valence-electron chi connectivity index (χ2n) is 2.98. The van der Waals surface area contributed by atoms with Crippen molar-refractivity contribution in [3.63, 3.8) is 0 Å². The second kappa shape index (κ2) is 3.55. The van der Waals surface area contributed by atoms with E-state index in [0.29, 0.717) is 16.4 Å². The number of hydrogen-bond donors (Lipinski definition) is 1. The standard InChI is InChI=1S/C8H11ClN2OS/c1-13(2,12)11-8-5-6(10)3-4-7(8)9/h3-5H,10H2,1-2H3. The molecule has 2 N–H and O–H groups in total. The number of nitrogen functional groups attached to an aromatic ring is 1. The van der Waals surface area contributed by atoms with Gasteiger partial charge in [0.15, 0.2) is 0 Å². The quantitative estimate of drug-likeness (QED) is 0.736. The van der Waals surface area contributed by atoms with Crippen molar-refractivity contribution in [3.8, 4) is 0 Å². The van der Waals surface area contributed by atoms with Crippen molar-refractivity contribution in [2.45, 2.75) is 0 Å². The fourth-order valence-corrected chi connectivity index (χ4v) is 1.67. The highest BCUT2D eigenvalue weighted by Gasteiger charge is 2.00. The maximum atomic E-state index is 11.4. The van der Waals surface area contributed by atoms with E-state index in [2.05, 4.69) is 4.36 Å². The van der Waals surface area contributed by atoms with E-state index in [1.165, 1.54) is 0 Å². The molecule has 1 aromatic rings. The molecule has 0 saturated heterocycles. The number of anilines is 1. The fourth-order valence-electron chi connectivity index (χ4n) is 0.836. The summed E-state index contributed by atoms with van der Waals surface area (Å²) in [5.74, 6) is 0. The summed E-state index contributed by atoms with van der Waals surface area (Å²) in [5, 5.41) is 0.464. The molecular weight excluding hydrogens is 208 g/mol. The van der Waals surface area contributed by atoms with Gasteiger partial charge in [0.2, 0.25) is 0 Å². The van der Waals surface area contributed by atoms with Crippen molar-refractivity contribution in [1.29, 1.82) is 0 Å². The van der Waals surface area contributed by atoms with Gasteiger partial charge in [0, 0.05) is 27.9 Å². The predicted molar refractivity (Wildman–Crippen MR) is 57.9 cm³/mol. The summed E-state index contributed by atoms with van der Waals surface area (Å²) < 4.78 is 15.3. The SMILES string of the molecule is CS(C)(=O)=Nc1cc(N)ccc1Cl. The molecule has 0 bridgehead atoms. The van der Waals surface area contributed by atoms with Crippen LogP contribution in [0.4, 0.5) is 11.4 Å². The second-order valence-corrected chi connectivity index (χ2v) is 5.94. The molecule has 0 fully saturated rings. The molecule has 0 aromatic heterocycles. The normalized spacial score (nSPS) is 11.3. The van der Waals surface area contributed by atoms with Crippen molar-refractivity contribution in [1.82, 2.24) is 0 Å². The van der Waals surface area contributed by atoms with Crippen LogP contribution in [0.3, 0.4) is 0 Å². The highest BCUT2D eigenvalue weighted by Crippen LogP contribution is 2.27. The van der Waals surface area contributed by atoms with Crippen LogP contribution in [0.1, 0.15) is 0 Å². The van der Waals surface area contributed by atoms with Crippen LogP contribution in [0, 0.1) is 0 Å². The first-order valence-electron chi connectivity index (χ1n) is 3.61. The first-order chi connectivity index (χ1) is 5.88. The predicted octanol–water partition coefficient (Wildman–Crippen LogP) is 2.28. The van der Waals surface area contributed by atoms with E-state index < -0.39 is 9.73 Å². The van der Waals surface area contributed by atoms with Crippen LogP contribution < -0.4 is 5.73 Å². The van der Waals surface area contributed by atoms with Crippen LogP contribution in [0.2, 0.25) is 5.02 Å². The van der Waals surface area contributed by atoms with Crippen molar-refractivity contribution < 1.29 is 4.21 Å². The number of benzene rings is 1. The van der Waals surface area contributed by atoms with E-state index in [-0.39, 0.29) is 0 Å². The fraction of sp³-hybridized carbons (Fsp3) is 0.250. The number of nitrogens with zero attached hydrogens (tertiary/aromatic N) is 1. The summed E-state index contributed by atoms with van der Waals surface area (Å²) in [6.45, 7) is 0. The van der Waals surface area contributed by atoms with E-state index in [1.54, 1.807) is 30.7 Å². The summed E-state index contributed by atoms with van der Waals surface area (Å²) in [6.07, 6.45) is 3.10. The minimum Gasteiger partial charge on any atom is -0.399 e. The van der Waals surface area contributed by atoms with Gasteiger partial charge >= 0.3 is 0 Å². The third kappa shape index (κ3) is 3.24. The van der Waals surface area contributed by atoms with Crippen LogP contribution in [0.25, 0.3) is 0 Å². The average molecular weight is 219 g/mol. The third-order valence-electron chi connectivity index (χ3n) is 1.29. The molecule has 0 aliphatic carbocycles. The van der Waals surface area contributed by atoms with E-state index in [1.807, 2.05) is 0 Å². The van der Waals surface area contributed by atoms with Gasteiger partial charge in [-0.3, -0.25) is 0 Å². The van der Waals surface area contributed by atoms with Gasteiger partial charge < -0.3 is 5.73 Å². The Morgan fingerprint density at radius 1 is 1.46 bits per heavy atom. The molecule has 1 rings (SSSR count). The summed E-state index contributed by atoms with van der Waals surface area (Å²) in [4.78, 5) is 0. The molecule has 1 aromatic carbocycles. The average Bonchev–Trinajstić information content (AvgIpc) is 1.94. The van der Waals surface area contributed by atoms with Crippen LogP contribution in [-0.4, -0.2) is 16.7 Å². The molecule has 0 atom stereocenters. The first-order valence-corrected chi connectivity index (χ1v) is 6.31. The monoisotopic (exact) mass is 218 g/mol. The summed E-state index contributed by atoms with van der Waals surface area (Å²) in [7, 11) is -2.18. The maximum absolute atomic E-state index is 11.4. The Balaban J connectivity index is 3.31. The third-order valence-corrected chi connectivity index (χ3v) is 2.24. The van der Waals surface area contributed by atoms with Crippen molar-refractivity contribution in [2.75, 3.05) is 18.2 Å². The molecular formula is C8H11ClN2OS. The van der Waals surface area contributed by atoms with Crippen LogP contribution in [-0.2, 0) is 9.73 Å². The number of halogens is 1. The molecule has 5 heteroatoms. The lowest BCUT2D eigenvalue weighted by Crippen LogP contribution is -1.90. The highest BCUT2D eigenvalue weighted by molar-refractivity contribution is 7.92. The van der Waals surface area contributed by atoms with Gasteiger partial charge in [-0.05, 0) is 18.2 Å². The van der Waals surface area contributed by atoms with Crippen molar-refractivity contribution >= 4 is 32.7 Å². The van der Waals surface area contributed by atoms with E-state index >= 15 is 0 Å². The molecule has 0 aliphatic heterocycles. The number of nitrogens with two attached hydrogens (primary N) is 1. The highest BCUT2D eigenvalue weighted by atomic mass is 35.5. The minimum absolute atomic E-state index is 0.464. The molecule has 0 spiro atoms. The molecule has 0 amide bonds. The van der Waals surface area contributed by atoms with E-state index in [4.69, 9.17) is 17.3 Å². The zero-order valence-corrected chi connectivity index (χ0v) is 9.02. The zero-order valence-electron chi connectivity index (χ0n) is 7.45. The largest absolute Gasteiger partial charge is 0.399 e. The number of hydrogen-bond acceptors (Lipinski definition) is 3. The summed E-state index contributed by atoms with van der Waals surface area (Å²) in [5.41, 5.74) is 6.58. The minimum atomic E-state index is -2.18. The molecule has 0 heterocycles. The van der Waals surface area contributed by atoms with Gasteiger partial charge in [-0.15, -0.1) is 0 Å². The van der Waals surface area contributed by atoms with Crippen LogP contribution in [0.5, 0.6) is 0 Å². The first kappa shape index (κ1) is 10.3. The Hall–Kier alpha value is -0.740. The lowest BCUT2D eigenvalue weighted by atomic mass is 10.3. The van der Waals surface area contributed by atoms with Crippen molar-refractivity contribution in [3.05, 3.63) is 23.2 Å². The Morgan fingerprint density at radius 3 is 2.62 bits per heavy atom. The smallest absolute Gasteiger partial charge is 0.0936 e. The molecule has 72 valence electrons. The van der Waals surface area contributed by atoms with Crippen LogP contribution >= 0.6 is 11.6 Å².